The molecule has 298 valence electrons. The van der Waals surface area contributed by atoms with E-state index in [1.54, 1.807) is 14.2 Å². The predicted molar refractivity (Wildman–Crippen MR) is 224 cm³/mol. The van der Waals surface area contributed by atoms with E-state index in [-0.39, 0.29) is 17.9 Å². The molecule has 1 saturated heterocycles. The van der Waals surface area contributed by atoms with E-state index >= 15 is 0 Å². The van der Waals surface area contributed by atoms with Crippen LogP contribution in [0.5, 0.6) is 11.5 Å². The van der Waals surface area contributed by atoms with Crippen LogP contribution < -0.4 is 20.1 Å². The molecule has 3 fully saturated rings. The van der Waals surface area contributed by atoms with Crippen LogP contribution in [0.2, 0.25) is 10.0 Å². The summed E-state index contributed by atoms with van der Waals surface area (Å²) in [6, 6.07) is 23.5. The van der Waals surface area contributed by atoms with Gasteiger partial charge in [-0.15, -0.1) is 0 Å². The number of rotatable bonds is 15. The molecule has 1 amide bonds. The fraction of sp³-hybridized carbons (Fsp3) is 0.400. The molecule has 2 saturated carbocycles. The molecule has 3 aliphatic rings. The monoisotopic (exact) mass is 809 g/mol. The minimum absolute atomic E-state index is 0.114. The lowest BCUT2D eigenvalue weighted by molar-refractivity contribution is -0.143. The van der Waals surface area contributed by atoms with Gasteiger partial charge in [-0.3, -0.25) is 19.2 Å². The van der Waals surface area contributed by atoms with E-state index < -0.39 is 5.97 Å². The average molecular weight is 811 g/mol. The van der Waals surface area contributed by atoms with Crippen LogP contribution in [-0.2, 0) is 29.2 Å². The summed E-state index contributed by atoms with van der Waals surface area (Å²) in [4.78, 5) is 25.7. The van der Waals surface area contributed by atoms with E-state index in [1.165, 1.54) is 12.8 Å². The Morgan fingerprint density at radius 3 is 2.28 bits per heavy atom. The van der Waals surface area contributed by atoms with Crippen molar-refractivity contribution >= 4 is 46.0 Å². The highest BCUT2D eigenvalue weighted by molar-refractivity contribution is 6.36. The number of benzene rings is 4. The predicted octanol–water partition coefficient (Wildman–Crippen LogP) is 8.72. The first kappa shape index (κ1) is 39.2. The van der Waals surface area contributed by atoms with Gasteiger partial charge in [-0.1, -0.05) is 65.7 Å². The molecule has 2 aliphatic carbocycles. The molecular formula is C45H49Cl2N5O5. The molecule has 12 heteroatoms. The van der Waals surface area contributed by atoms with Gasteiger partial charge in [0, 0.05) is 76.8 Å². The number of ether oxygens (including phenoxy) is 2. The molecule has 3 N–H and O–H groups in total. The molecule has 8 rings (SSSR count). The number of hydrogen-bond donors (Lipinski definition) is 3. The van der Waals surface area contributed by atoms with Gasteiger partial charge in [0.15, 0.2) is 0 Å². The van der Waals surface area contributed by atoms with Crippen LogP contribution in [0, 0.1) is 5.92 Å². The first-order valence-electron chi connectivity index (χ1n) is 19.9. The molecule has 1 atom stereocenters. The van der Waals surface area contributed by atoms with Gasteiger partial charge < -0.3 is 25.2 Å². The summed E-state index contributed by atoms with van der Waals surface area (Å²) in [6.45, 7) is 2.51. The maximum atomic E-state index is 11.6. The number of carbonyl (C=O) groups excluding carboxylic acids is 1. The lowest BCUT2D eigenvalue weighted by Gasteiger charge is -2.36. The maximum absolute atomic E-state index is 11.6. The summed E-state index contributed by atoms with van der Waals surface area (Å²) in [5.74, 6) is 0.767. The third-order valence-corrected chi connectivity index (χ3v) is 12.8. The van der Waals surface area contributed by atoms with E-state index in [9.17, 15) is 14.7 Å². The van der Waals surface area contributed by atoms with E-state index in [2.05, 4.69) is 39.8 Å². The molecule has 57 heavy (non-hydrogen) atoms. The van der Waals surface area contributed by atoms with Crippen LogP contribution in [0.25, 0.3) is 33.2 Å². The Labute approximate surface area is 343 Å². The van der Waals surface area contributed by atoms with Gasteiger partial charge in [-0.2, -0.15) is 5.10 Å². The lowest BCUT2D eigenvalue weighted by atomic mass is 9.85. The number of carboxylic acid groups (broad SMARTS) is 1. The second-order valence-electron chi connectivity index (χ2n) is 15.7. The topological polar surface area (TPSA) is 118 Å². The number of aromatic nitrogens is 2. The number of aliphatic carboxylic acids is 1. The van der Waals surface area contributed by atoms with E-state index in [1.807, 2.05) is 53.3 Å². The van der Waals surface area contributed by atoms with Crippen molar-refractivity contribution in [2.75, 3.05) is 20.8 Å². The SMILES string of the molecule is COc1cc(-c2cccc(-c3cccc4c3cnn4Cc3cc(OC)c(CN(C4CC4)[C@H]4CC[C@@H](C(=O)O)CC4)cc3Cl)c2Cl)ccc1CNC[C@@H]1CCC(=O)N1. The number of carboxylic acids is 1. The third-order valence-electron chi connectivity index (χ3n) is 12.0. The van der Waals surface area contributed by atoms with Crippen LogP contribution >= 0.6 is 23.2 Å². The summed E-state index contributed by atoms with van der Waals surface area (Å²) in [5, 5.41) is 23.1. The largest absolute Gasteiger partial charge is 0.496 e. The van der Waals surface area contributed by atoms with Gasteiger partial charge in [-0.05, 0) is 85.9 Å². The quantitative estimate of drug-likeness (QED) is 0.0962. The minimum Gasteiger partial charge on any atom is -0.496 e. The first-order valence-corrected chi connectivity index (χ1v) is 20.7. The van der Waals surface area contributed by atoms with Gasteiger partial charge in [0.25, 0.3) is 0 Å². The Bertz CT molecular complexity index is 2280. The van der Waals surface area contributed by atoms with Crippen molar-refractivity contribution in [2.24, 2.45) is 5.92 Å². The highest BCUT2D eigenvalue weighted by Crippen LogP contribution is 2.42. The minimum atomic E-state index is -0.674. The van der Waals surface area contributed by atoms with Crippen LogP contribution in [0.4, 0.5) is 0 Å². The van der Waals surface area contributed by atoms with Gasteiger partial charge >= 0.3 is 5.97 Å². The number of amides is 1. The Kier molecular flexibility index (Phi) is 11.8. The van der Waals surface area contributed by atoms with Crippen molar-refractivity contribution in [2.45, 2.75) is 89.1 Å². The van der Waals surface area contributed by atoms with Crippen molar-refractivity contribution in [3.05, 3.63) is 99.7 Å². The average Bonchev–Trinajstić information content (AvgIpc) is 3.85. The van der Waals surface area contributed by atoms with Gasteiger partial charge in [0.2, 0.25) is 5.91 Å². The first-order chi connectivity index (χ1) is 27.7. The number of nitrogens with one attached hydrogen (secondary N) is 2. The molecule has 1 aliphatic heterocycles. The Morgan fingerprint density at radius 2 is 1.58 bits per heavy atom. The second-order valence-corrected chi connectivity index (χ2v) is 16.5. The van der Waals surface area contributed by atoms with E-state index in [0.29, 0.717) is 48.2 Å². The zero-order chi connectivity index (χ0) is 39.6. The smallest absolute Gasteiger partial charge is 0.306 e. The van der Waals surface area contributed by atoms with Crippen molar-refractivity contribution < 1.29 is 24.2 Å². The van der Waals surface area contributed by atoms with E-state index in [4.69, 9.17) is 37.8 Å². The summed E-state index contributed by atoms with van der Waals surface area (Å²) in [7, 11) is 3.38. The number of nitrogens with zero attached hydrogens (tertiary/aromatic N) is 3. The number of methoxy groups -OCH3 is 2. The molecule has 0 spiro atoms. The molecule has 0 bridgehead atoms. The van der Waals surface area contributed by atoms with Crippen LogP contribution in [-0.4, -0.2) is 70.6 Å². The number of carbonyl (C=O) groups is 2. The van der Waals surface area contributed by atoms with Gasteiger partial charge in [0.1, 0.15) is 11.5 Å². The Balaban J connectivity index is 1.00. The third kappa shape index (κ3) is 8.51. The van der Waals surface area contributed by atoms with Gasteiger partial charge in [-0.25, -0.2) is 0 Å². The normalized spacial score (nSPS) is 19.6. The molecule has 1 aromatic heterocycles. The van der Waals surface area contributed by atoms with Gasteiger partial charge in [0.05, 0.1) is 43.4 Å². The zero-order valence-corrected chi connectivity index (χ0v) is 33.9. The number of hydrogen-bond acceptors (Lipinski definition) is 7. The highest BCUT2D eigenvalue weighted by atomic mass is 35.5. The zero-order valence-electron chi connectivity index (χ0n) is 32.4. The molecular weight excluding hydrogens is 761 g/mol. The van der Waals surface area contributed by atoms with Crippen LogP contribution in [0.3, 0.4) is 0 Å². The van der Waals surface area contributed by atoms with Crippen molar-refractivity contribution in [1.82, 2.24) is 25.3 Å². The standard InChI is InChI=1S/C45H49Cl2N5O5/c1-56-41-20-28(9-10-29(41)22-48-23-32-13-18-43(53)50-32)35-5-3-7-37(44(35)47)36-6-4-8-40-38(36)24-49-52(40)26-30-21-42(57-2)31(19-39(30)46)25-51(34-16-17-34)33-14-11-27(12-15-33)45(54)55/h3-10,19-21,24,27,32-34,48H,11-18,22-23,25-26H2,1-2H3,(H,50,53)(H,54,55)/t27-,32-,33+/m0/s1. The number of halogens is 2. The molecule has 10 nitrogen and oxygen atoms in total. The molecule has 5 aromatic rings. The maximum Gasteiger partial charge on any atom is 0.306 e. The summed E-state index contributed by atoms with van der Waals surface area (Å²) < 4.78 is 13.7. The highest BCUT2D eigenvalue weighted by Gasteiger charge is 2.37. The molecule has 0 unspecified atom stereocenters. The van der Waals surface area contributed by atoms with Crippen molar-refractivity contribution in [3.63, 3.8) is 0 Å². The van der Waals surface area contributed by atoms with E-state index in [0.717, 1.165) is 100.0 Å². The molecule has 0 radical (unpaired) electrons. The Morgan fingerprint density at radius 1 is 0.877 bits per heavy atom. The van der Waals surface area contributed by atoms with Crippen LogP contribution in [0.1, 0.15) is 68.1 Å². The molecule has 2 heterocycles. The summed E-state index contributed by atoms with van der Waals surface area (Å²) in [6.07, 6.45) is 8.91. The fourth-order valence-corrected chi connectivity index (χ4v) is 9.33. The Hall–Kier alpha value is -4.61. The van der Waals surface area contributed by atoms with Crippen LogP contribution in [0.15, 0.2) is 72.9 Å². The second kappa shape index (κ2) is 17.1. The molecule has 4 aromatic carbocycles. The van der Waals surface area contributed by atoms with Crippen molar-refractivity contribution in [1.29, 1.82) is 0 Å². The summed E-state index contributed by atoms with van der Waals surface area (Å²) in [5.41, 5.74) is 7.67. The fourth-order valence-electron chi connectivity index (χ4n) is 8.74. The summed E-state index contributed by atoms with van der Waals surface area (Å²) >= 11 is 14.3. The number of fused-ring (bicyclic) bond motifs is 1. The lowest BCUT2D eigenvalue weighted by Crippen LogP contribution is -2.40. The van der Waals surface area contributed by atoms with Crippen molar-refractivity contribution in [3.8, 4) is 33.8 Å².